The van der Waals surface area contributed by atoms with Crippen LogP contribution in [0.4, 0.5) is 5.13 Å². The lowest BCUT2D eigenvalue weighted by molar-refractivity contribution is -0.117. The lowest BCUT2D eigenvalue weighted by Gasteiger charge is -2.02. The van der Waals surface area contributed by atoms with Gasteiger partial charge in [-0.25, -0.2) is 4.98 Å². The molecule has 0 fully saturated rings. The van der Waals surface area contributed by atoms with E-state index in [0.29, 0.717) is 5.13 Å². The number of nitrogens with zero attached hydrogens (tertiary/aromatic N) is 1. The Morgan fingerprint density at radius 1 is 1.83 bits per heavy atom. The van der Waals surface area contributed by atoms with Crippen LogP contribution in [0.1, 0.15) is 11.8 Å². The first-order chi connectivity index (χ1) is 5.59. The van der Waals surface area contributed by atoms with Gasteiger partial charge >= 0.3 is 0 Å². The first-order valence-corrected chi connectivity index (χ1v) is 4.40. The summed E-state index contributed by atoms with van der Waals surface area (Å²) in [6.07, 6.45) is 1.71. The van der Waals surface area contributed by atoms with Crippen molar-refractivity contribution in [1.29, 1.82) is 0 Å². The molecular formula is C7H11N3OS. The van der Waals surface area contributed by atoms with E-state index in [1.165, 1.54) is 11.3 Å². The van der Waals surface area contributed by atoms with E-state index >= 15 is 0 Å². The van der Waals surface area contributed by atoms with Crippen LogP contribution in [0, 0.1) is 6.92 Å². The molecule has 4 nitrogen and oxygen atoms in total. The van der Waals surface area contributed by atoms with Crippen molar-refractivity contribution >= 4 is 22.4 Å². The smallest absolute Gasteiger partial charge is 0.242 e. The van der Waals surface area contributed by atoms with Gasteiger partial charge in [0.05, 0.1) is 6.04 Å². The van der Waals surface area contributed by atoms with E-state index in [0.717, 1.165) is 4.88 Å². The third-order valence-electron chi connectivity index (χ3n) is 1.26. The van der Waals surface area contributed by atoms with Gasteiger partial charge in [-0.3, -0.25) is 4.79 Å². The Hall–Kier alpha value is -0.940. The molecule has 0 aliphatic rings. The van der Waals surface area contributed by atoms with Gasteiger partial charge in [-0.05, 0) is 13.8 Å². The molecule has 0 aliphatic carbocycles. The number of hydrogen-bond acceptors (Lipinski definition) is 4. The van der Waals surface area contributed by atoms with E-state index in [-0.39, 0.29) is 5.91 Å². The van der Waals surface area contributed by atoms with Gasteiger partial charge in [0.15, 0.2) is 5.13 Å². The minimum Gasteiger partial charge on any atom is -0.320 e. The summed E-state index contributed by atoms with van der Waals surface area (Å²) in [6, 6.07) is -0.491. The number of nitrogens with two attached hydrogens (primary N) is 1. The Kier molecular flexibility index (Phi) is 2.78. The van der Waals surface area contributed by atoms with Crippen LogP contribution >= 0.6 is 11.3 Å². The molecule has 1 atom stereocenters. The van der Waals surface area contributed by atoms with Crippen LogP contribution in [0.5, 0.6) is 0 Å². The molecular weight excluding hydrogens is 174 g/mol. The van der Waals surface area contributed by atoms with Crippen LogP contribution in [0.25, 0.3) is 0 Å². The van der Waals surface area contributed by atoms with Crippen molar-refractivity contribution in [3.05, 3.63) is 11.1 Å². The van der Waals surface area contributed by atoms with Crippen molar-refractivity contribution in [2.24, 2.45) is 5.73 Å². The summed E-state index contributed by atoms with van der Waals surface area (Å²) < 4.78 is 0. The van der Waals surface area contributed by atoms with Crippen LogP contribution in [0.15, 0.2) is 6.20 Å². The van der Waals surface area contributed by atoms with Crippen molar-refractivity contribution in [1.82, 2.24) is 4.98 Å². The second-order valence-electron chi connectivity index (χ2n) is 2.55. The van der Waals surface area contributed by atoms with E-state index in [4.69, 9.17) is 5.73 Å². The summed E-state index contributed by atoms with van der Waals surface area (Å²) in [5.41, 5.74) is 5.36. The SMILES string of the molecule is Cc1cnc(NC(=O)C(C)N)s1. The van der Waals surface area contributed by atoms with Gasteiger partial charge in [0, 0.05) is 11.1 Å². The Morgan fingerprint density at radius 2 is 2.50 bits per heavy atom. The average molecular weight is 185 g/mol. The minimum absolute atomic E-state index is 0.204. The number of hydrogen-bond donors (Lipinski definition) is 2. The highest BCUT2D eigenvalue weighted by Crippen LogP contribution is 2.16. The molecule has 3 N–H and O–H groups in total. The highest BCUT2D eigenvalue weighted by atomic mass is 32.1. The highest BCUT2D eigenvalue weighted by molar-refractivity contribution is 7.15. The molecule has 0 saturated carbocycles. The summed E-state index contributed by atoms with van der Waals surface area (Å²) in [5.74, 6) is -0.204. The molecule has 0 aliphatic heterocycles. The van der Waals surface area contributed by atoms with Crippen molar-refractivity contribution in [3.63, 3.8) is 0 Å². The van der Waals surface area contributed by atoms with Gasteiger partial charge < -0.3 is 11.1 Å². The third-order valence-corrected chi connectivity index (χ3v) is 2.09. The molecule has 1 aromatic rings. The number of nitrogens with one attached hydrogen (secondary N) is 1. The molecule has 1 heterocycles. The Balaban J connectivity index is 2.58. The molecule has 0 aromatic carbocycles. The maximum atomic E-state index is 11.1. The predicted molar refractivity (Wildman–Crippen MR) is 49.1 cm³/mol. The number of carbonyl (C=O) groups excluding carboxylic acids is 1. The number of carbonyl (C=O) groups is 1. The normalized spacial score (nSPS) is 12.6. The number of thiazole rings is 1. The topological polar surface area (TPSA) is 68.0 Å². The number of aryl methyl sites for hydroxylation is 1. The summed E-state index contributed by atoms with van der Waals surface area (Å²) in [4.78, 5) is 16.1. The average Bonchev–Trinajstić information content (AvgIpc) is 2.35. The lowest BCUT2D eigenvalue weighted by atomic mass is 10.3. The lowest BCUT2D eigenvalue weighted by Crippen LogP contribution is -2.32. The molecule has 0 radical (unpaired) electrons. The first kappa shape index (κ1) is 9.15. The number of anilines is 1. The fourth-order valence-electron chi connectivity index (χ4n) is 0.632. The number of rotatable bonds is 2. The monoisotopic (exact) mass is 185 g/mol. The summed E-state index contributed by atoms with van der Waals surface area (Å²) in [5, 5.41) is 3.21. The van der Waals surface area contributed by atoms with E-state index in [9.17, 15) is 4.79 Å². The maximum Gasteiger partial charge on any atom is 0.242 e. The van der Waals surface area contributed by atoms with Crippen LogP contribution in [0.2, 0.25) is 0 Å². The Labute approximate surface area is 74.8 Å². The molecule has 0 bridgehead atoms. The van der Waals surface area contributed by atoms with Crippen LogP contribution in [-0.4, -0.2) is 16.9 Å². The molecule has 0 saturated heterocycles. The van der Waals surface area contributed by atoms with Crippen LogP contribution < -0.4 is 11.1 Å². The molecule has 1 amide bonds. The first-order valence-electron chi connectivity index (χ1n) is 3.58. The van der Waals surface area contributed by atoms with Gasteiger partial charge in [-0.2, -0.15) is 0 Å². The van der Waals surface area contributed by atoms with E-state index in [1.54, 1.807) is 13.1 Å². The van der Waals surface area contributed by atoms with Gasteiger partial charge in [0.2, 0.25) is 5.91 Å². The summed E-state index contributed by atoms with van der Waals surface area (Å²) in [7, 11) is 0. The number of aromatic nitrogens is 1. The van der Waals surface area contributed by atoms with Crippen molar-refractivity contribution < 1.29 is 4.79 Å². The van der Waals surface area contributed by atoms with Crippen LogP contribution in [0.3, 0.4) is 0 Å². The van der Waals surface area contributed by atoms with Crippen molar-refractivity contribution in [3.8, 4) is 0 Å². The molecule has 1 rings (SSSR count). The van der Waals surface area contributed by atoms with Crippen molar-refractivity contribution in [2.45, 2.75) is 19.9 Å². The largest absolute Gasteiger partial charge is 0.320 e. The van der Waals surface area contributed by atoms with Gasteiger partial charge in [-0.1, -0.05) is 0 Å². The highest BCUT2D eigenvalue weighted by Gasteiger charge is 2.08. The van der Waals surface area contributed by atoms with Crippen molar-refractivity contribution in [2.75, 3.05) is 5.32 Å². The van der Waals surface area contributed by atoms with E-state index < -0.39 is 6.04 Å². The van der Waals surface area contributed by atoms with E-state index in [2.05, 4.69) is 10.3 Å². The standard InChI is InChI=1S/C7H11N3OS/c1-4-3-9-7(12-4)10-6(11)5(2)8/h3,5H,8H2,1-2H3,(H,9,10,11). The predicted octanol–water partition coefficient (Wildman–Crippen LogP) is 0.737. The molecule has 1 aromatic heterocycles. The Bertz CT molecular complexity index is 282. The fourth-order valence-corrected chi connectivity index (χ4v) is 1.30. The van der Waals surface area contributed by atoms with E-state index in [1.807, 2.05) is 6.92 Å². The van der Waals surface area contributed by atoms with Crippen LogP contribution in [-0.2, 0) is 4.79 Å². The zero-order valence-electron chi connectivity index (χ0n) is 7.00. The molecule has 66 valence electrons. The second-order valence-corrected chi connectivity index (χ2v) is 3.79. The summed E-state index contributed by atoms with van der Waals surface area (Å²) >= 11 is 1.43. The second kappa shape index (κ2) is 3.64. The molecule has 5 heteroatoms. The summed E-state index contributed by atoms with van der Waals surface area (Å²) in [6.45, 7) is 3.56. The third kappa shape index (κ3) is 2.28. The quantitative estimate of drug-likeness (QED) is 0.714. The van der Waals surface area contributed by atoms with Gasteiger partial charge in [0.25, 0.3) is 0 Å². The minimum atomic E-state index is -0.491. The molecule has 12 heavy (non-hydrogen) atoms. The zero-order chi connectivity index (χ0) is 9.14. The maximum absolute atomic E-state index is 11.1. The molecule has 0 spiro atoms. The fraction of sp³-hybridized carbons (Fsp3) is 0.429. The van der Waals surface area contributed by atoms with Gasteiger partial charge in [0.1, 0.15) is 0 Å². The number of amides is 1. The zero-order valence-corrected chi connectivity index (χ0v) is 7.81. The Morgan fingerprint density at radius 3 is 2.92 bits per heavy atom. The van der Waals surface area contributed by atoms with Gasteiger partial charge in [-0.15, -0.1) is 11.3 Å². The molecule has 1 unspecified atom stereocenters.